The van der Waals surface area contributed by atoms with Crippen molar-refractivity contribution in [3.8, 4) is 5.75 Å². The fourth-order valence-electron chi connectivity index (χ4n) is 1.75. The zero-order valence-electron chi connectivity index (χ0n) is 12.1. The third kappa shape index (κ3) is 4.92. The summed E-state index contributed by atoms with van der Waals surface area (Å²) in [6.07, 6.45) is 2.11. The summed E-state index contributed by atoms with van der Waals surface area (Å²) >= 11 is 11.4. The van der Waals surface area contributed by atoms with Crippen molar-refractivity contribution < 1.29 is 17.4 Å². The molecule has 0 saturated heterocycles. The molecule has 1 heterocycles. The largest absolute Gasteiger partial charge is 0.379 e. The maximum absolute atomic E-state index is 12.2. The molecular weight excluding hydrogens is 361 g/mol. The van der Waals surface area contributed by atoms with Crippen molar-refractivity contribution in [3.05, 3.63) is 52.3 Å². The van der Waals surface area contributed by atoms with Gasteiger partial charge in [0.1, 0.15) is 21.6 Å². The van der Waals surface area contributed by atoms with Crippen LogP contribution in [0.3, 0.4) is 0 Å². The van der Waals surface area contributed by atoms with Crippen molar-refractivity contribution in [1.82, 2.24) is 4.98 Å². The monoisotopic (exact) mass is 373 g/mol. The van der Waals surface area contributed by atoms with Gasteiger partial charge in [-0.15, -0.1) is 0 Å². The van der Waals surface area contributed by atoms with E-state index in [1.807, 2.05) is 0 Å². The van der Waals surface area contributed by atoms with Crippen LogP contribution in [0, 0.1) is 0 Å². The van der Waals surface area contributed by atoms with Crippen LogP contribution in [0.1, 0.15) is 18.9 Å². The minimum absolute atomic E-state index is 0.0143. The number of pyridine rings is 1. The maximum atomic E-state index is 12.2. The molecule has 0 bridgehead atoms. The topological polar surface area (TPSA) is 73.3 Å². The number of nitrogens with zero attached hydrogens (tertiary/aromatic N) is 1. The van der Waals surface area contributed by atoms with Gasteiger partial charge in [0.2, 0.25) is 0 Å². The van der Waals surface area contributed by atoms with Gasteiger partial charge in [-0.3, -0.25) is 0 Å². The number of benzene rings is 1. The smallest absolute Gasteiger partial charge is 0.340 e. The van der Waals surface area contributed by atoms with E-state index in [1.165, 1.54) is 25.1 Å². The number of halogens is 2. The number of hydrogen-bond donors (Lipinski definition) is 0. The highest BCUT2D eigenvalue weighted by Crippen LogP contribution is 2.24. The molecule has 0 aliphatic rings. The third-order valence-corrected chi connectivity index (χ3v) is 4.85. The minimum Gasteiger partial charge on any atom is -0.379 e. The van der Waals surface area contributed by atoms with E-state index in [0.29, 0.717) is 12.8 Å². The average molecular weight is 374 g/mol. The number of aromatic nitrogens is 1. The molecular formula is C15H13Cl2NO4S. The number of rotatable bonds is 6. The predicted octanol–water partition coefficient (Wildman–Crippen LogP) is 3.68. The molecule has 0 unspecified atom stereocenters. The van der Waals surface area contributed by atoms with Crippen LogP contribution in [0.5, 0.6) is 5.75 Å². The van der Waals surface area contributed by atoms with E-state index in [9.17, 15) is 13.2 Å². The maximum Gasteiger partial charge on any atom is 0.340 e. The summed E-state index contributed by atoms with van der Waals surface area (Å²) in [6, 6.07) is 7.64. The lowest BCUT2D eigenvalue weighted by Crippen LogP contribution is -2.10. The Morgan fingerprint density at radius 3 is 2.43 bits per heavy atom. The lowest BCUT2D eigenvalue weighted by Gasteiger charge is -2.08. The van der Waals surface area contributed by atoms with Crippen molar-refractivity contribution in [3.63, 3.8) is 0 Å². The van der Waals surface area contributed by atoms with E-state index >= 15 is 0 Å². The minimum atomic E-state index is -4.05. The lowest BCUT2D eigenvalue weighted by molar-refractivity contribution is -0.116. The molecule has 2 aromatic rings. The summed E-state index contributed by atoms with van der Waals surface area (Å²) in [7, 11) is -4.05. The van der Waals surface area contributed by atoms with Crippen LogP contribution in [0.4, 0.5) is 0 Å². The number of ketones is 1. The molecule has 8 heteroatoms. The number of hydrogen-bond acceptors (Lipinski definition) is 5. The number of carbonyl (C=O) groups is 1. The molecule has 0 aliphatic heterocycles. The first-order valence-corrected chi connectivity index (χ1v) is 8.78. The summed E-state index contributed by atoms with van der Waals surface area (Å²) in [5, 5.41) is 0.0383. The normalized spacial score (nSPS) is 11.3. The van der Waals surface area contributed by atoms with Crippen LogP contribution >= 0.6 is 23.2 Å². The Balaban J connectivity index is 2.13. The van der Waals surface area contributed by atoms with Gasteiger partial charge in [-0.1, -0.05) is 35.3 Å². The van der Waals surface area contributed by atoms with E-state index in [1.54, 1.807) is 12.1 Å². The van der Waals surface area contributed by atoms with Crippen molar-refractivity contribution in [2.45, 2.75) is 24.7 Å². The van der Waals surface area contributed by atoms with Crippen LogP contribution in [0.15, 0.2) is 41.4 Å². The molecule has 0 radical (unpaired) electrons. The molecule has 1 aromatic carbocycles. The van der Waals surface area contributed by atoms with Crippen molar-refractivity contribution in [2.75, 3.05) is 0 Å². The summed E-state index contributed by atoms with van der Waals surface area (Å²) < 4.78 is 29.3. The summed E-state index contributed by atoms with van der Waals surface area (Å²) in [5.74, 6) is 0.252. The van der Waals surface area contributed by atoms with Gasteiger partial charge in [0.25, 0.3) is 0 Å². The van der Waals surface area contributed by atoms with Crippen LogP contribution in [-0.4, -0.2) is 19.2 Å². The molecule has 2 rings (SSSR count). The standard InChI is InChI=1S/C15H13Cl2NO4S/c1-10(19)2-3-11-4-6-12(7-5-11)22-23(20,21)13-8-14(16)15(17)18-9-13/h4-9H,2-3H2,1H3. The molecule has 1 aromatic heterocycles. The van der Waals surface area contributed by atoms with Gasteiger partial charge < -0.3 is 8.98 Å². The fourth-order valence-corrected chi connectivity index (χ4v) is 2.99. The van der Waals surface area contributed by atoms with Gasteiger partial charge in [-0.05, 0) is 37.1 Å². The van der Waals surface area contributed by atoms with E-state index in [0.717, 1.165) is 11.8 Å². The van der Waals surface area contributed by atoms with Gasteiger partial charge in [-0.2, -0.15) is 8.42 Å². The molecule has 0 fully saturated rings. The Bertz CT molecular complexity index is 820. The quantitative estimate of drug-likeness (QED) is 0.570. The Hall–Kier alpha value is -1.63. The molecule has 0 aliphatic carbocycles. The van der Waals surface area contributed by atoms with Crippen molar-refractivity contribution in [2.24, 2.45) is 0 Å². The number of aryl methyl sites for hydroxylation is 1. The molecule has 0 amide bonds. The molecule has 5 nitrogen and oxygen atoms in total. The van der Waals surface area contributed by atoms with E-state index in [2.05, 4.69) is 4.98 Å². The number of Topliss-reactive ketones (excluding diaryl/α,β-unsaturated/α-hetero) is 1. The Labute approximate surface area is 144 Å². The highest BCUT2D eigenvalue weighted by molar-refractivity contribution is 7.87. The molecule has 23 heavy (non-hydrogen) atoms. The second kappa shape index (κ2) is 7.29. The first-order chi connectivity index (χ1) is 10.8. The SMILES string of the molecule is CC(=O)CCc1ccc(OS(=O)(=O)c2cnc(Cl)c(Cl)c2)cc1. The summed E-state index contributed by atoms with van der Waals surface area (Å²) in [4.78, 5) is 14.4. The second-order valence-corrected chi connectivity index (χ2v) is 7.14. The third-order valence-electron chi connectivity index (χ3n) is 2.95. The highest BCUT2D eigenvalue weighted by Gasteiger charge is 2.18. The first-order valence-electron chi connectivity index (χ1n) is 6.62. The van der Waals surface area contributed by atoms with Crippen LogP contribution in [0.25, 0.3) is 0 Å². The molecule has 0 N–H and O–H groups in total. The van der Waals surface area contributed by atoms with Gasteiger partial charge in [0.05, 0.1) is 11.2 Å². The van der Waals surface area contributed by atoms with Gasteiger partial charge in [0, 0.05) is 6.42 Å². The first kappa shape index (κ1) is 17.7. The predicted molar refractivity (Wildman–Crippen MR) is 87.5 cm³/mol. The average Bonchev–Trinajstić information content (AvgIpc) is 2.49. The molecule has 0 saturated carbocycles. The van der Waals surface area contributed by atoms with Crippen molar-refractivity contribution in [1.29, 1.82) is 0 Å². The molecule has 122 valence electrons. The van der Waals surface area contributed by atoms with Gasteiger partial charge in [0.15, 0.2) is 0 Å². The van der Waals surface area contributed by atoms with Gasteiger partial charge in [-0.25, -0.2) is 4.98 Å². The van der Waals surface area contributed by atoms with E-state index in [4.69, 9.17) is 27.4 Å². The Kier molecular flexibility index (Phi) is 5.62. The van der Waals surface area contributed by atoms with Crippen LogP contribution in [0.2, 0.25) is 10.2 Å². The second-order valence-electron chi connectivity index (χ2n) is 4.83. The number of carbonyl (C=O) groups excluding carboxylic acids is 1. The Morgan fingerprint density at radius 2 is 1.87 bits per heavy atom. The summed E-state index contributed by atoms with van der Waals surface area (Å²) in [6.45, 7) is 1.52. The van der Waals surface area contributed by atoms with Gasteiger partial charge >= 0.3 is 10.1 Å². The summed E-state index contributed by atoms with van der Waals surface area (Å²) in [5.41, 5.74) is 0.918. The van der Waals surface area contributed by atoms with Crippen LogP contribution < -0.4 is 4.18 Å². The fraction of sp³-hybridized carbons (Fsp3) is 0.200. The van der Waals surface area contributed by atoms with Crippen LogP contribution in [-0.2, 0) is 21.3 Å². The van der Waals surface area contributed by atoms with E-state index in [-0.39, 0.29) is 26.6 Å². The van der Waals surface area contributed by atoms with Crippen molar-refractivity contribution >= 4 is 39.1 Å². The molecule has 0 atom stereocenters. The zero-order valence-corrected chi connectivity index (χ0v) is 14.5. The molecule has 0 spiro atoms. The highest BCUT2D eigenvalue weighted by atomic mass is 35.5. The zero-order chi connectivity index (χ0) is 17.0. The lowest BCUT2D eigenvalue weighted by atomic mass is 10.1. The Morgan fingerprint density at radius 1 is 1.22 bits per heavy atom. The van der Waals surface area contributed by atoms with E-state index < -0.39 is 10.1 Å².